The van der Waals surface area contributed by atoms with E-state index in [9.17, 15) is 32.7 Å². The van der Waals surface area contributed by atoms with Gasteiger partial charge in [-0.1, -0.05) is 5.16 Å². The predicted octanol–water partition coefficient (Wildman–Crippen LogP) is -0.213. The number of carboxylic acids is 1. The number of hydrogen-bond donors (Lipinski definition) is 4. The van der Waals surface area contributed by atoms with Gasteiger partial charge in [0, 0.05) is 18.2 Å². The third kappa shape index (κ3) is 7.11. The van der Waals surface area contributed by atoms with Crippen LogP contribution in [0.2, 0.25) is 0 Å². The van der Waals surface area contributed by atoms with E-state index in [-0.39, 0.29) is 23.7 Å². The lowest BCUT2D eigenvalue weighted by Gasteiger charge is -2.36. The van der Waals surface area contributed by atoms with E-state index in [0.29, 0.717) is 0 Å². The van der Waals surface area contributed by atoms with Gasteiger partial charge < -0.3 is 25.3 Å². The smallest absolute Gasteiger partial charge is 0.413 e. The van der Waals surface area contributed by atoms with Gasteiger partial charge in [0.15, 0.2) is 10.8 Å². The van der Waals surface area contributed by atoms with E-state index in [1.54, 1.807) is 20.8 Å². The number of ether oxygens (including phenoxy) is 1. The molecule has 3 rings (SSSR count). The number of nitrogens with zero attached hydrogens (tertiary/aromatic N) is 2. The molecule has 2 atom stereocenters. The Morgan fingerprint density at radius 1 is 1.33 bits per heavy atom. The van der Waals surface area contributed by atoms with Crippen LogP contribution in [0, 0.1) is 0 Å². The van der Waals surface area contributed by atoms with Crippen molar-refractivity contribution in [1.82, 2.24) is 15.6 Å². The second-order valence-corrected chi connectivity index (χ2v) is 11.6. The number of aromatic nitrogens is 1. The molecule has 0 bridgehead atoms. The summed E-state index contributed by atoms with van der Waals surface area (Å²) in [6.07, 6.45) is 0.410. The summed E-state index contributed by atoms with van der Waals surface area (Å²) in [7, 11) is -3.79. The molecular weight excluding hydrogens is 522 g/mol. The fourth-order valence-electron chi connectivity index (χ4n) is 2.78. The topological polar surface area (TPSA) is 212 Å². The zero-order valence-corrected chi connectivity index (χ0v) is 21.3. The molecule has 1 aliphatic heterocycles. The molecule has 0 aromatic carbocycles. The SMILES string of the molecule is CC(C)(C)OC(=O)Nc1nc(/C(=N/OC2(C(=O)O)CC2)C(=O)N[C@@H]2C(=O)N[C@@H]2COS(C)(=O)=O)cs1. The van der Waals surface area contributed by atoms with Crippen LogP contribution in [0.4, 0.5) is 9.93 Å². The fourth-order valence-corrected chi connectivity index (χ4v) is 3.85. The van der Waals surface area contributed by atoms with Crippen LogP contribution < -0.4 is 16.0 Å². The number of anilines is 1. The fraction of sp³-hybridized carbons (Fsp3) is 0.579. The molecule has 3 amide bonds. The van der Waals surface area contributed by atoms with Gasteiger partial charge in [-0.05, 0) is 20.8 Å². The minimum Gasteiger partial charge on any atom is -0.478 e. The largest absolute Gasteiger partial charge is 0.478 e. The van der Waals surface area contributed by atoms with Crippen LogP contribution in [0.15, 0.2) is 10.5 Å². The zero-order valence-electron chi connectivity index (χ0n) is 19.7. The summed E-state index contributed by atoms with van der Waals surface area (Å²) < 4.78 is 32.3. The first-order valence-corrected chi connectivity index (χ1v) is 13.2. The summed E-state index contributed by atoms with van der Waals surface area (Å²) in [4.78, 5) is 57.7. The molecular formula is C19H25N5O10S2. The van der Waals surface area contributed by atoms with Crippen LogP contribution in [0.5, 0.6) is 0 Å². The number of hydrogen-bond acceptors (Lipinski definition) is 12. The molecule has 1 saturated carbocycles. The highest BCUT2D eigenvalue weighted by Gasteiger charge is 2.55. The number of β-lactam (4-membered cyclic amide) rings is 1. The summed E-state index contributed by atoms with van der Waals surface area (Å²) in [5.74, 6) is -2.80. The number of carbonyl (C=O) groups is 4. The van der Waals surface area contributed by atoms with Gasteiger partial charge in [-0.3, -0.25) is 19.1 Å². The Kier molecular flexibility index (Phi) is 7.56. The molecule has 0 spiro atoms. The summed E-state index contributed by atoms with van der Waals surface area (Å²) in [6, 6.07) is -2.00. The van der Waals surface area contributed by atoms with Crippen LogP contribution in [0.25, 0.3) is 0 Å². The number of carboxylic acid groups (broad SMARTS) is 1. The van der Waals surface area contributed by atoms with Gasteiger partial charge in [-0.2, -0.15) is 8.42 Å². The highest BCUT2D eigenvalue weighted by molar-refractivity contribution is 7.85. The van der Waals surface area contributed by atoms with Crippen molar-refractivity contribution in [2.45, 2.75) is 56.9 Å². The molecule has 198 valence electrons. The van der Waals surface area contributed by atoms with Crippen LogP contribution in [0.3, 0.4) is 0 Å². The second kappa shape index (κ2) is 9.98. The Morgan fingerprint density at radius 2 is 2.00 bits per heavy atom. The molecule has 17 heteroatoms. The van der Waals surface area contributed by atoms with E-state index in [1.807, 2.05) is 0 Å². The third-order valence-corrected chi connectivity index (χ3v) is 6.06. The first kappa shape index (κ1) is 27.3. The number of thiazole rings is 1. The molecule has 1 saturated heterocycles. The maximum atomic E-state index is 13.0. The molecule has 2 fully saturated rings. The average molecular weight is 548 g/mol. The Balaban J connectivity index is 1.78. The molecule has 2 heterocycles. The summed E-state index contributed by atoms with van der Waals surface area (Å²) in [5, 5.41) is 21.7. The number of carbonyl (C=O) groups excluding carboxylic acids is 3. The van der Waals surface area contributed by atoms with Gasteiger partial charge in [0.1, 0.15) is 17.3 Å². The van der Waals surface area contributed by atoms with E-state index in [0.717, 1.165) is 17.6 Å². The first-order chi connectivity index (χ1) is 16.6. The summed E-state index contributed by atoms with van der Waals surface area (Å²) in [6.45, 7) is 4.61. The molecule has 1 aromatic heterocycles. The number of aliphatic carboxylic acids is 1. The van der Waals surface area contributed by atoms with Gasteiger partial charge in [0.25, 0.3) is 16.0 Å². The Labute approximate surface area is 209 Å². The van der Waals surface area contributed by atoms with E-state index < -0.39 is 69.6 Å². The lowest BCUT2D eigenvalue weighted by atomic mass is 9.99. The van der Waals surface area contributed by atoms with E-state index in [1.165, 1.54) is 5.38 Å². The number of amides is 3. The van der Waals surface area contributed by atoms with Gasteiger partial charge in [0.05, 0.1) is 18.9 Å². The number of oxime groups is 1. The van der Waals surface area contributed by atoms with Crippen molar-refractivity contribution >= 4 is 56.2 Å². The summed E-state index contributed by atoms with van der Waals surface area (Å²) >= 11 is 0.934. The van der Waals surface area contributed by atoms with Crippen molar-refractivity contribution in [2.75, 3.05) is 18.2 Å². The van der Waals surface area contributed by atoms with Gasteiger partial charge >= 0.3 is 12.1 Å². The van der Waals surface area contributed by atoms with Gasteiger partial charge in [-0.15, -0.1) is 11.3 Å². The van der Waals surface area contributed by atoms with Gasteiger partial charge in [0.2, 0.25) is 11.5 Å². The third-order valence-electron chi connectivity index (χ3n) is 4.74. The second-order valence-electron chi connectivity index (χ2n) is 9.05. The maximum Gasteiger partial charge on any atom is 0.413 e. The van der Waals surface area contributed by atoms with Crippen molar-refractivity contribution < 1.29 is 46.5 Å². The lowest BCUT2D eigenvalue weighted by molar-refractivity contribution is -0.153. The van der Waals surface area contributed by atoms with E-state index in [2.05, 4.69) is 30.3 Å². The summed E-state index contributed by atoms with van der Waals surface area (Å²) in [5.41, 5.74) is -2.87. The van der Waals surface area contributed by atoms with Crippen LogP contribution in [-0.4, -0.2) is 84.2 Å². The molecule has 0 radical (unpaired) electrons. The molecule has 2 aliphatic rings. The molecule has 15 nitrogen and oxygen atoms in total. The normalized spacial score (nSPS) is 21.0. The van der Waals surface area contributed by atoms with Crippen LogP contribution in [0.1, 0.15) is 39.3 Å². The highest BCUT2D eigenvalue weighted by Crippen LogP contribution is 2.40. The monoisotopic (exact) mass is 547 g/mol. The zero-order chi connectivity index (χ0) is 26.9. The first-order valence-electron chi connectivity index (χ1n) is 10.5. The maximum absolute atomic E-state index is 13.0. The number of rotatable bonds is 10. The lowest BCUT2D eigenvalue weighted by Crippen LogP contribution is -2.71. The van der Waals surface area contributed by atoms with Crippen LogP contribution >= 0.6 is 11.3 Å². The van der Waals surface area contributed by atoms with E-state index in [4.69, 9.17) is 9.57 Å². The molecule has 1 aromatic rings. The van der Waals surface area contributed by atoms with Crippen molar-refractivity contribution in [3.63, 3.8) is 0 Å². The van der Waals surface area contributed by atoms with E-state index >= 15 is 0 Å². The average Bonchev–Trinajstić information content (AvgIpc) is 3.39. The van der Waals surface area contributed by atoms with Crippen molar-refractivity contribution in [3.8, 4) is 0 Å². The minimum absolute atomic E-state index is 0.0555. The molecule has 0 unspecified atom stereocenters. The number of nitrogens with one attached hydrogen (secondary N) is 3. The Morgan fingerprint density at radius 3 is 2.53 bits per heavy atom. The van der Waals surface area contributed by atoms with Gasteiger partial charge in [-0.25, -0.2) is 14.6 Å². The van der Waals surface area contributed by atoms with Crippen LogP contribution in [-0.2, 0) is 38.3 Å². The molecule has 36 heavy (non-hydrogen) atoms. The molecule has 4 N–H and O–H groups in total. The van der Waals surface area contributed by atoms with Crippen molar-refractivity contribution in [2.24, 2.45) is 5.16 Å². The standard InChI is InChI=1S/C19H25N5O10S2/c1-18(2,3)33-17(29)23-16-21-10(8-35-16)12(24-34-19(5-6-19)15(27)28)14(26)22-11-9(20-13(11)25)7-32-36(4,30)31/h8-9,11H,5-7H2,1-4H3,(H,20,25)(H,22,26)(H,27,28)(H,21,23,29)/b24-12-/t9-,11+/m1/s1. The molecule has 1 aliphatic carbocycles. The van der Waals surface area contributed by atoms with Crippen molar-refractivity contribution in [3.05, 3.63) is 11.1 Å². The Hall–Kier alpha value is -3.31. The minimum atomic E-state index is -3.79. The highest BCUT2D eigenvalue weighted by atomic mass is 32.2. The quantitative estimate of drug-likeness (QED) is 0.130. The Bertz CT molecular complexity index is 1200. The predicted molar refractivity (Wildman–Crippen MR) is 124 cm³/mol. The van der Waals surface area contributed by atoms with Crippen molar-refractivity contribution in [1.29, 1.82) is 0 Å².